The first-order valence-electron chi connectivity index (χ1n) is 6.34. The second-order valence-corrected chi connectivity index (χ2v) is 4.74. The van der Waals surface area contributed by atoms with Crippen molar-refractivity contribution in [3.63, 3.8) is 0 Å². The van der Waals surface area contributed by atoms with Crippen LogP contribution in [0.3, 0.4) is 0 Å². The third-order valence-corrected chi connectivity index (χ3v) is 3.43. The number of carboxylic acid groups (broad SMARTS) is 1. The zero-order valence-corrected chi connectivity index (χ0v) is 11.0. The molecule has 3 aromatic rings. The molecule has 0 bridgehead atoms. The number of benzene rings is 2. The second kappa shape index (κ2) is 4.78. The maximum absolute atomic E-state index is 11.0. The number of fused-ring (bicyclic) bond motifs is 1. The van der Waals surface area contributed by atoms with Crippen LogP contribution in [-0.4, -0.2) is 16.1 Å². The molecule has 20 heavy (non-hydrogen) atoms. The van der Waals surface area contributed by atoms with E-state index < -0.39 is 5.97 Å². The normalized spacial score (nSPS) is 10.7. The van der Waals surface area contributed by atoms with Gasteiger partial charge < -0.3 is 5.11 Å². The molecule has 0 radical (unpaired) electrons. The fourth-order valence-corrected chi connectivity index (χ4v) is 2.43. The Morgan fingerprint density at radius 3 is 2.60 bits per heavy atom. The van der Waals surface area contributed by atoms with Gasteiger partial charge in [-0.25, -0.2) is 4.79 Å². The number of pyridine rings is 1. The molecule has 1 aromatic heterocycles. The average Bonchev–Trinajstić information content (AvgIpc) is 2.46. The minimum absolute atomic E-state index is 0.305. The van der Waals surface area contributed by atoms with Crippen LogP contribution in [0.25, 0.3) is 21.9 Å². The highest BCUT2D eigenvalue weighted by molar-refractivity contribution is 5.97. The lowest BCUT2D eigenvalue weighted by Gasteiger charge is -2.10. The third kappa shape index (κ3) is 2.03. The van der Waals surface area contributed by atoms with Gasteiger partial charge in [0.2, 0.25) is 0 Å². The van der Waals surface area contributed by atoms with E-state index in [-0.39, 0.29) is 0 Å². The fraction of sp³-hybridized carbons (Fsp3) is 0.0588. The van der Waals surface area contributed by atoms with Crippen molar-refractivity contribution in [1.82, 2.24) is 4.98 Å². The number of hydrogen-bond donors (Lipinski definition) is 1. The van der Waals surface area contributed by atoms with Crippen molar-refractivity contribution in [3.8, 4) is 11.1 Å². The Bertz CT molecular complexity index is 804. The van der Waals surface area contributed by atoms with E-state index in [1.807, 2.05) is 43.6 Å². The van der Waals surface area contributed by atoms with Gasteiger partial charge in [-0.15, -0.1) is 0 Å². The molecule has 0 saturated heterocycles. The Morgan fingerprint density at radius 1 is 1.05 bits per heavy atom. The lowest BCUT2D eigenvalue weighted by Crippen LogP contribution is -1.97. The largest absolute Gasteiger partial charge is 0.478 e. The number of aromatic nitrogens is 1. The smallest absolute Gasteiger partial charge is 0.335 e. The fourth-order valence-electron chi connectivity index (χ4n) is 2.43. The predicted molar refractivity (Wildman–Crippen MR) is 78.9 cm³/mol. The highest BCUT2D eigenvalue weighted by Gasteiger charge is 2.09. The van der Waals surface area contributed by atoms with Gasteiger partial charge in [-0.3, -0.25) is 4.98 Å². The van der Waals surface area contributed by atoms with Crippen LogP contribution in [0.5, 0.6) is 0 Å². The van der Waals surface area contributed by atoms with Gasteiger partial charge in [0.25, 0.3) is 0 Å². The number of rotatable bonds is 2. The van der Waals surface area contributed by atoms with Crippen molar-refractivity contribution in [3.05, 3.63) is 66.0 Å². The van der Waals surface area contributed by atoms with Crippen molar-refractivity contribution < 1.29 is 9.90 Å². The summed E-state index contributed by atoms with van der Waals surface area (Å²) in [4.78, 5) is 15.3. The van der Waals surface area contributed by atoms with E-state index in [4.69, 9.17) is 5.11 Å². The Labute approximate surface area is 116 Å². The van der Waals surface area contributed by atoms with E-state index in [0.29, 0.717) is 5.56 Å². The molecule has 3 nitrogen and oxygen atoms in total. The van der Waals surface area contributed by atoms with E-state index >= 15 is 0 Å². The molecule has 0 aliphatic rings. The van der Waals surface area contributed by atoms with E-state index in [2.05, 4.69) is 11.1 Å². The summed E-state index contributed by atoms with van der Waals surface area (Å²) in [6.45, 7) is 1.92. The number of hydrogen-bond acceptors (Lipinski definition) is 2. The van der Waals surface area contributed by atoms with E-state index in [9.17, 15) is 4.79 Å². The minimum atomic E-state index is -0.907. The maximum Gasteiger partial charge on any atom is 0.335 e. The van der Waals surface area contributed by atoms with Gasteiger partial charge >= 0.3 is 5.97 Å². The predicted octanol–water partition coefficient (Wildman–Crippen LogP) is 3.91. The zero-order chi connectivity index (χ0) is 14.1. The number of aryl methyl sites for hydroxylation is 1. The minimum Gasteiger partial charge on any atom is -0.478 e. The monoisotopic (exact) mass is 263 g/mol. The van der Waals surface area contributed by atoms with Crippen LogP contribution < -0.4 is 0 Å². The van der Waals surface area contributed by atoms with Gasteiger partial charge in [-0.1, -0.05) is 30.3 Å². The highest BCUT2D eigenvalue weighted by atomic mass is 16.4. The Kier molecular flexibility index (Phi) is 2.95. The third-order valence-electron chi connectivity index (χ3n) is 3.43. The van der Waals surface area contributed by atoms with Crippen LogP contribution >= 0.6 is 0 Å². The van der Waals surface area contributed by atoms with Crippen LogP contribution in [0.2, 0.25) is 0 Å². The zero-order valence-electron chi connectivity index (χ0n) is 11.0. The second-order valence-electron chi connectivity index (χ2n) is 4.74. The summed E-state index contributed by atoms with van der Waals surface area (Å²) in [5, 5.41) is 11.2. The van der Waals surface area contributed by atoms with Crippen molar-refractivity contribution in [1.29, 1.82) is 0 Å². The molecule has 0 unspecified atom stereocenters. The topological polar surface area (TPSA) is 50.2 Å². The van der Waals surface area contributed by atoms with Crippen molar-refractivity contribution in [2.75, 3.05) is 0 Å². The maximum atomic E-state index is 11.0. The molecule has 0 aliphatic heterocycles. The van der Waals surface area contributed by atoms with E-state index in [0.717, 1.165) is 27.5 Å². The molecule has 0 aliphatic carbocycles. The molecule has 0 amide bonds. The number of carbonyl (C=O) groups is 1. The summed E-state index contributed by atoms with van der Waals surface area (Å²) in [5.74, 6) is -0.907. The first kappa shape index (κ1) is 12.4. The van der Waals surface area contributed by atoms with Gasteiger partial charge in [0, 0.05) is 23.3 Å². The Balaban J connectivity index is 2.23. The molecular formula is C17H13NO2. The summed E-state index contributed by atoms with van der Waals surface area (Å²) in [5.41, 5.74) is 3.28. The molecule has 2 aromatic carbocycles. The average molecular weight is 263 g/mol. The molecule has 3 heteroatoms. The summed E-state index contributed by atoms with van der Waals surface area (Å²) >= 11 is 0. The SMILES string of the molecule is Cc1cc(C(=O)O)ccc1-c1cncc2ccccc12. The summed E-state index contributed by atoms with van der Waals surface area (Å²) in [7, 11) is 0. The number of aromatic carboxylic acids is 1. The molecule has 3 rings (SSSR count). The first-order chi connectivity index (χ1) is 9.66. The Hall–Kier alpha value is -2.68. The quantitative estimate of drug-likeness (QED) is 0.762. The van der Waals surface area contributed by atoms with Gasteiger partial charge in [-0.2, -0.15) is 0 Å². The molecule has 0 spiro atoms. The molecule has 1 N–H and O–H groups in total. The number of carboxylic acids is 1. The van der Waals surface area contributed by atoms with Gasteiger partial charge in [0.05, 0.1) is 5.56 Å². The van der Waals surface area contributed by atoms with Crippen LogP contribution in [0, 0.1) is 6.92 Å². The van der Waals surface area contributed by atoms with Gasteiger partial charge in [0.15, 0.2) is 0 Å². The van der Waals surface area contributed by atoms with Crippen LogP contribution in [0.1, 0.15) is 15.9 Å². The molecule has 0 fully saturated rings. The highest BCUT2D eigenvalue weighted by Crippen LogP contribution is 2.30. The van der Waals surface area contributed by atoms with Gasteiger partial charge in [0.1, 0.15) is 0 Å². The lowest BCUT2D eigenvalue weighted by molar-refractivity contribution is 0.0697. The van der Waals surface area contributed by atoms with Crippen LogP contribution in [0.4, 0.5) is 0 Å². The van der Waals surface area contributed by atoms with Crippen LogP contribution in [-0.2, 0) is 0 Å². The molecule has 0 saturated carbocycles. The molecular weight excluding hydrogens is 250 g/mol. The summed E-state index contributed by atoms with van der Waals surface area (Å²) in [6, 6.07) is 13.2. The molecule has 98 valence electrons. The molecule has 0 atom stereocenters. The summed E-state index contributed by atoms with van der Waals surface area (Å²) in [6.07, 6.45) is 3.66. The lowest BCUT2D eigenvalue weighted by atomic mass is 9.96. The van der Waals surface area contributed by atoms with Crippen LogP contribution in [0.15, 0.2) is 54.9 Å². The van der Waals surface area contributed by atoms with Gasteiger partial charge in [-0.05, 0) is 35.6 Å². The Morgan fingerprint density at radius 2 is 1.85 bits per heavy atom. The summed E-state index contributed by atoms with van der Waals surface area (Å²) < 4.78 is 0. The standard InChI is InChI=1S/C17H13NO2/c1-11-8-12(17(19)20)6-7-14(11)16-10-18-9-13-4-2-3-5-15(13)16/h2-10H,1H3,(H,19,20). The number of nitrogens with zero attached hydrogens (tertiary/aromatic N) is 1. The van der Waals surface area contributed by atoms with Crippen molar-refractivity contribution in [2.24, 2.45) is 0 Å². The van der Waals surface area contributed by atoms with Crippen molar-refractivity contribution >= 4 is 16.7 Å². The van der Waals surface area contributed by atoms with E-state index in [1.165, 1.54) is 0 Å². The molecule has 1 heterocycles. The van der Waals surface area contributed by atoms with Crippen molar-refractivity contribution in [2.45, 2.75) is 6.92 Å². The first-order valence-corrected chi connectivity index (χ1v) is 6.34. The van der Waals surface area contributed by atoms with E-state index in [1.54, 1.807) is 12.1 Å².